The van der Waals surface area contributed by atoms with Crippen LogP contribution in [-0.4, -0.2) is 29.6 Å². The third-order valence-corrected chi connectivity index (χ3v) is 6.64. The number of ether oxygens (including phenoxy) is 1. The predicted molar refractivity (Wildman–Crippen MR) is 126 cm³/mol. The molecule has 0 saturated heterocycles. The molecule has 2 aromatic carbocycles. The van der Waals surface area contributed by atoms with Crippen LogP contribution in [0.5, 0.6) is 0 Å². The highest BCUT2D eigenvalue weighted by atomic mass is 32.2. The summed E-state index contributed by atoms with van der Waals surface area (Å²) in [7, 11) is -3.73. The molecule has 0 fully saturated rings. The van der Waals surface area contributed by atoms with Gasteiger partial charge < -0.3 is 10.1 Å². The Hall–Kier alpha value is -4.31. The Labute approximate surface area is 194 Å². The molecule has 170 valence electrons. The van der Waals surface area contributed by atoms with Crippen LogP contribution >= 0.6 is 0 Å². The lowest BCUT2D eigenvalue weighted by Gasteiger charge is -2.09. The van der Waals surface area contributed by atoms with E-state index in [9.17, 15) is 18.0 Å². The quantitative estimate of drug-likeness (QED) is 0.452. The molecule has 0 radical (unpaired) electrons. The van der Waals surface area contributed by atoms with E-state index in [1.165, 1.54) is 16.5 Å². The number of aromatic nitrogens is 2. The number of esters is 1. The van der Waals surface area contributed by atoms with Gasteiger partial charge in [0.2, 0.25) is 0 Å². The van der Waals surface area contributed by atoms with Crippen LogP contribution in [0.3, 0.4) is 0 Å². The Bertz CT molecular complexity index is 1640. The second-order valence-electron chi connectivity index (χ2n) is 7.66. The molecule has 0 spiro atoms. The minimum atomic E-state index is -3.73. The van der Waals surface area contributed by atoms with Gasteiger partial charge in [-0.1, -0.05) is 18.2 Å². The lowest BCUT2D eigenvalue weighted by atomic mass is 10.1. The maximum Gasteiger partial charge on any atom is 0.338 e. The molecule has 1 N–H and O–H groups in total. The van der Waals surface area contributed by atoms with Crippen molar-refractivity contribution >= 4 is 33.2 Å². The number of fused-ring (bicyclic) bond motifs is 2. The minimum absolute atomic E-state index is 0.148. The number of aryl methyl sites for hydroxylation is 1. The molecular weight excluding hydrogens is 456 g/mol. The van der Waals surface area contributed by atoms with Gasteiger partial charge in [0, 0.05) is 23.5 Å². The smallest absolute Gasteiger partial charge is 0.338 e. The van der Waals surface area contributed by atoms with Crippen molar-refractivity contribution in [2.75, 3.05) is 5.32 Å². The molecule has 5 rings (SSSR count). The van der Waals surface area contributed by atoms with Crippen LogP contribution in [0.4, 0.5) is 5.69 Å². The largest absolute Gasteiger partial charge is 0.456 e. The van der Waals surface area contributed by atoms with Crippen molar-refractivity contribution in [2.45, 2.75) is 18.4 Å². The molecule has 1 aliphatic heterocycles. The molecule has 10 heteroatoms. The minimum Gasteiger partial charge on any atom is -0.456 e. The van der Waals surface area contributed by atoms with Crippen LogP contribution in [0.2, 0.25) is 0 Å². The van der Waals surface area contributed by atoms with Crippen LogP contribution in [0.15, 0.2) is 87.0 Å². The molecule has 0 aliphatic carbocycles. The summed E-state index contributed by atoms with van der Waals surface area (Å²) in [6.45, 7) is 1.70. The summed E-state index contributed by atoms with van der Waals surface area (Å²) in [6, 6.07) is 17.8. The Kier molecular flexibility index (Phi) is 5.21. The lowest BCUT2D eigenvalue weighted by molar-refractivity contribution is 0.0467. The normalized spacial score (nSPS) is 13.9. The molecule has 1 aliphatic rings. The number of pyridine rings is 1. The molecule has 9 nitrogen and oxygen atoms in total. The predicted octanol–water partition coefficient (Wildman–Crippen LogP) is 2.92. The van der Waals surface area contributed by atoms with Gasteiger partial charge in [-0.05, 0) is 55.0 Å². The van der Waals surface area contributed by atoms with E-state index in [0.29, 0.717) is 28.2 Å². The van der Waals surface area contributed by atoms with E-state index in [0.717, 1.165) is 5.56 Å². The Balaban J connectivity index is 1.28. The first-order valence-electron chi connectivity index (χ1n) is 10.3. The highest BCUT2D eigenvalue weighted by Gasteiger charge is 2.28. The third-order valence-electron chi connectivity index (χ3n) is 5.31. The van der Waals surface area contributed by atoms with Crippen LogP contribution in [0.1, 0.15) is 27.2 Å². The summed E-state index contributed by atoms with van der Waals surface area (Å²) in [6.07, 6.45) is 1.63. The monoisotopic (exact) mass is 474 g/mol. The summed E-state index contributed by atoms with van der Waals surface area (Å²) in [5.41, 5.74) is 2.77. The van der Waals surface area contributed by atoms with Gasteiger partial charge in [-0.25, -0.2) is 9.78 Å². The molecule has 0 amide bonds. The highest BCUT2D eigenvalue weighted by molar-refractivity contribution is 7.90. The topological polar surface area (TPSA) is 119 Å². The molecule has 0 atom stereocenters. The van der Waals surface area contributed by atoms with E-state index in [1.54, 1.807) is 54.7 Å². The number of anilines is 1. The third kappa shape index (κ3) is 3.95. The summed E-state index contributed by atoms with van der Waals surface area (Å²) in [4.78, 5) is 29.3. The van der Waals surface area contributed by atoms with E-state index in [2.05, 4.69) is 14.7 Å². The van der Waals surface area contributed by atoms with Gasteiger partial charge in [0.1, 0.15) is 17.1 Å². The van der Waals surface area contributed by atoms with Gasteiger partial charge in [-0.3, -0.25) is 9.20 Å². The van der Waals surface area contributed by atoms with E-state index in [1.807, 2.05) is 13.0 Å². The number of rotatable bonds is 4. The van der Waals surface area contributed by atoms with Crippen LogP contribution in [0.25, 0.3) is 5.65 Å². The molecule has 2 aromatic heterocycles. The molecule has 0 saturated carbocycles. The fraction of sp³-hybridized carbons (Fsp3) is 0.0833. The Morgan fingerprint density at radius 1 is 1.06 bits per heavy atom. The van der Waals surface area contributed by atoms with Crippen LogP contribution in [0, 0.1) is 6.92 Å². The van der Waals surface area contributed by atoms with Gasteiger partial charge in [0.05, 0.1) is 11.3 Å². The summed E-state index contributed by atoms with van der Waals surface area (Å²) < 4.78 is 34.9. The van der Waals surface area contributed by atoms with Crippen molar-refractivity contribution < 1.29 is 17.9 Å². The molecule has 0 bridgehead atoms. The van der Waals surface area contributed by atoms with Gasteiger partial charge in [-0.15, -0.1) is 4.40 Å². The van der Waals surface area contributed by atoms with Crippen LogP contribution in [-0.2, 0) is 21.4 Å². The fourth-order valence-electron chi connectivity index (χ4n) is 3.63. The standard InChI is InChI=1S/C24H18N4O5S/c1-15-5-4-12-28-21(29)13-18(26-23(15)28)14-33-24(30)16-8-10-17(11-9-16)25-22-19-6-2-3-7-20(19)34(31,32)27-22/h2-13H,14H2,1H3,(H,25,27). The SMILES string of the molecule is Cc1cccn2c(=O)cc(COC(=O)c3ccc(NC4=NS(=O)(=O)c5ccccc54)cc3)nc12. The van der Waals surface area contributed by atoms with Gasteiger partial charge in [0.15, 0.2) is 5.84 Å². The van der Waals surface area contributed by atoms with Gasteiger partial charge in [-0.2, -0.15) is 8.42 Å². The van der Waals surface area contributed by atoms with Crippen molar-refractivity contribution in [3.8, 4) is 0 Å². The van der Waals surface area contributed by atoms with Gasteiger partial charge in [0.25, 0.3) is 15.6 Å². The zero-order chi connectivity index (χ0) is 23.9. The second-order valence-corrected chi connectivity index (χ2v) is 9.23. The number of hydrogen-bond donors (Lipinski definition) is 1. The van der Waals surface area contributed by atoms with E-state index in [4.69, 9.17) is 4.74 Å². The van der Waals surface area contributed by atoms with Crippen molar-refractivity contribution in [1.29, 1.82) is 0 Å². The summed E-state index contributed by atoms with van der Waals surface area (Å²) in [5.74, 6) is -0.362. The van der Waals surface area contributed by atoms with Crippen molar-refractivity contribution in [3.05, 3.63) is 106 Å². The lowest BCUT2D eigenvalue weighted by Crippen LogP contribution is -2.17. The number of benzene rings is 2. The van der Waals surface area contributed by atoms with Crippen molar-refractivity contribution in [1.82, 2.24) is 9.38 Å². The van der Waals surface area contributed by atoms with E-state index >= 15 is 0 Å². The first-order valence-corrected chi connectivity index (χ1v) is 11.7. The maximum atomic E-state index is 12.5. The van der Waals surface area contributed by atoms with Crippen LogP contribution < -0.4 is 10.9 Å². The Morgan fingerprint density at radius 3 is 2.62 bits per heavy atom. The second kappa shape index (κ2) is 8.23. The number of carbonyl (C=O) groups is 1. The number of hydrogen-bond acceptors (Lipinski definition) is 7. The molecule has 34 heavy (non-hydrogen) atoms. The summed E-state index contributed by atoms with van der Waals surface area (Å²) >= 11 is 0. The molecule has 0 unspecified atom stereocenters. The average Bonchev–Trinajstić information content (AvgIpc) is 3.08. The maximum absolute atomic E-state index is 12.5. The van der Waals surface area contributed by atoms with Gasteiger partial charge >= 0.3 is 5.97 Å². The molecular formula is C24H18N4O5S. The average molecular weight is 474 g/mol. The number of nitrogens with one attached hydrogen (secondary N) is 1. The molecule has 3 heterocycles. The summed E-state index contributed by atoms with van der Waals surface area (Å²) in [5, 5.41) is 2.98. The van der Waals surface area contributed by atoms with Crippen molar-refractivity contribution in [3.63, 3.8) is 0 Å². The number of amidine groups is 1. The fourth-order valence-corrected chi connectivity index (χ4v) is 4.80. The first-order chi connectivity index (χ1) is 16.3. The first kappa shape index (κ1) is 21.5. The van der Waals surface area contributed by atoms with Crippen molar-refractivity contribution in [2.24, 2.45) is 4.40 Å². The molecule has 4 aromatic rings. The Morgan fingerprint density at radius 2 is 1.82 bits per heavy atom. The zero-order valence-corrected chi connectivity index (χ0v) is 18.7. The van der Waals surface area contributed by atoms with E-state index < -0.39 is 16.0 Å². The highest BCUT2D eigenvalue weighted by Crippen LogP contribution is 2.26. The number of nitrogens with zero attached hydrogens (tertiary/aromatic N) is 3. The number of sulfonamides is 1. The number of carbonyl (C=O) groups excluding carboxylic acids is 1. The van der Waals surface area contributed by atoms with E-state index in [-0.39, 0.29) is 22.9 Å². The zero-order valence-electron chi connectivity index (χ0n) is 17.9.